The van der Waals surface area contributed by atoms with Crippen LogP contribution in [0.1, 0.15) is 11.1 Å². The fraction of sp³-hybridized carbons (Fsp3) is 0.0476. The minimum Gasteiger partial charge on any atom is -0.508 e. The molecule has 0 aliphatic carbocycles. The zero-order chi connectivity index (χ0) is 18.5. The molecular formula is C21H13BrN2O2S. The van der Waals surface area contributed by atoms with Crippen molar-refractivity contribution < 1.29 is 5.11 Å². The van der Waals surface area contributed by atoms with Gasteiger partial charge in [-0.25, -0.2) is 0 Å². The van der Waals surface area contributed by atoms with Gasteiger partial charge in [-0.3, -0.25) is 9.78 Å². The summed E-state index contributed by atoms with van der Waals surface area (Å²) in [5.41, 5.74) is 3.46. The monoisotopic (exact) mass is 436 g/mol. The molecule has 27 heavy (non-hydrogen) atoms. The van der Waals surface area contributed by atoms with Gasteiger partial charge in [0.05, 0.1) is 16.6 Å². The minimum atomic E-state index is -0.0524. The van der Waals surface area contributed by atoms with Crippen LogP contribution in [-0.4, -0.2) is 14.7 Å². The third kappa shape index (κ3) is 2.76. The molecule has 0 saturated heterocycles. The quantitative estimate of drug-likeness (QED) is 0.427. The van der Waals surface area contributed by atoms with Gasteiger partial charge in [0, 0.05) is 44.8 Å². The molecule has 0 bridgehead atoms. The molecule has 0 unspecified atom stereocenters. The Kier molecular flexibility index (Phi) is 3.84. The van der Waals surface area contributed by atoms with Crippen LogP contribution >= 0.6 is 27.7 Å². The molecule has 5 rings (SSSR count). The van der Waals surface area contributed by atoms with Crippen molar-refractivity contribution in [3.05, 3.63) is 86.9 Å². The Labute approximate surface area is 167 Å². The molecule has 2 aromatic carbocycles. The first-order valence-electron chi connectivity index (χ1n) is 8.38. The normalized spacial score (nSPS) is 12.2. The first kappa shape index (κ1) is 16.6. The molecule has 6 heteroatoms. The van der Waals surface area contributed by atoms with Crippen LogP contribution in [0.25, 0.3) is 16.6 Å². The van der Waals surface area contributed by atoms with Crippen molar-refractivity contribution in [1.82, 2.24) is 9.55 Å². The number of fused-ring (bicyclic) bond motifs is 2. The summed E-state index contributed by atoms with van der Waals surface area (Å²) >= 11 is 5.09. The van der Waals surface area contributed by atoms with Crippen LogP contribution in [0.5, 0.6) is 5.75 Å². The van der Waals surface area contributed by atoms with Crippen LogP contribution in [0.3, 0.4) is 0 Å². The smallest absolute Gasteiger partial charge is 0.193 e. The SMILES string of the molecule is O=c1c(Cc2cccnc2)cn2c3c(cc(O)cc13)Sc1cc(Br)ccc1-2. The second kappa shape index (κ2) is 6.25. The number of hydrogen-bond donors (Lipinski definition) is 1. The third-order valence-corrected chi connectivity index (χ3v) is 6.21. The van der Waals surface area contributed by atoms with E-state index in [0.29, 0.717) is 17.4 Å². The standard InChI is InChI=1S/C21H13BrN2O2S/c22-14-3-4-17-18(7-14)27-19-9-15(25)8-16-20(19)24(17)11-13(21(16)26)6-12-2-1-5-23-10-12/h1-5,7-11,25H,6H2. The Morgan fingerprint density at radius 3 is 2.85 bits per heavy atom. The first-order chi connectivity index (χ1) is 13.1. The van der Waals surface area contributed by atoms with Crippen LogP contribution < -0.4 is 5.43 Å². The molecule has 4 aromatic rings. The Morgan fingerprint density at radius 1 is 1.15 bits per heavy atom. The highest BCUT2D eigenvalue weighted by atomic mass is 79.9. The highest BCUT2D eigenvalue weighted by molar-refractivity contribution is 9.10. The summed E-state index contributed by atoms with van der Waals surface area (Å²) < 4.78 is 3.06. The second-order valence-corrected chi connectivity index (χ2v) is 8.45. The number of aromatic hydroxyl groups is 1. The number of pyridine rings is 2. The number of phenolic OH excluding ortho intramolecular Hbond substituents is 1. The Morgan fingerprint density at radius 2 is 2.04 bits per heavy atom. The molecule has 1 aliphatic rings. The Balaban J connectivity index is 1.82. The van der Waals surface area contributed by atoms with Gasteiger partial charge in [0.1, 0.15) is 5.75 Å². The number of hydrogen-bond acceptors (Lipinski definition) is 4. The van der Waals surface area contributed by atoms with E-state index in [4.69, 9.17) is 0 Å². The van der Waals surface area contributed by atoms with E-state index in [1.807, 2.05) is 30.5 Å². The molecule has 0 radical (unpaired) electrons. The summed E-state index contributed by atoms with van der Waals surface area (Å²) in [6.45, 7) is 0. The van der Waals surface area contributed by atoms with Crippen LogP contribution in [-0.2, 0) is 6.42 Å². The average Bonchev–Trinajstić information content (AvgIpc) is 2.65. The van der Waals surface area contributed by atoms with E-state index < -0.39 is 0 Å². The van der Waals surface area contributed by atoms with Crippen molar-refractivity contribution in [3.8, 4) is 11.4 Å². The summed E-state index contributed by atoms with van der Waals surface area (Å²) in [5, 5.41) is 10.7. The summed E-state index contributed by atoms with van der Waals surface area (Å²) in [6.07, 6.45) is 5.90. The summed E-state index contributed by atoms with van der Waals surface area (Å²) in [7, 11) is 0. The van der Waals surface area contributed by atoms with Gasteiger partial charge >= 0.3 is 0 Å². The predicted molar refractivity (Wildman–Crippen MR) is 110 cm³/mol. The van der Waals surface area contributed by atoms with Crippen LogP contribution in [0.4, 0.5) is 0 Å². The van der Waals surface area contributed by atoms with Crippen molar-refractivity contribution in [2.24, 2.45) is 0 Å². The van der Waals surface area contributed by atoms with E-state index in [1.165, 1.54) is 0 Å². The van der Waals surface area contributed by atoms with E-state index in [0.717, 1.165) is 31.0 Å². The second-order valence-electron chi connectivity index (χ2n) is 6.45. The van der Waals surface area contributed by atoms with Gasteiger partial charge in [-0.2, -0.15) is 0 Å². The molecule has 0 saturated carbocycles. The lowest BCUT2D eigenvalue weighted by atomic mass is 10.0. The molecule has 0 fully saturated rings. The molecule has 0 atom stereocenters. The molecule has 4 nitrogen and oxygen atoms in total. The molecular weight excluding hydrogens is 424 g/mol. The van der Waals surface area contributed by atoms with Crippen molar-refractivity contribution >= 4 is 38.6 Å². The Hall–Kier alpha value is -2.57. The minimum absolute atomic E-state index is 0.0524. The van der Waals surface area contributed by atoms with E-state index in [-0.39, 0.29) is 11.2 Å². The van der Waals surface area contributed by atoms with Crippen molar-refractivity contribution in [2.75, 3.05) is 0 Å². The third-order valence-electron chi connectivity index (χ3n) is 4.64. The van der Waals surface area contributed by atoms with E-state index in [9.17, 15) is 9.90 Å². The molecule has 132 valence electrons. The maximum Gasteiger partial charge on any atom is 0.193 e. The molecule has 0 amide bonds. The van der Waals surface area contributed by atoms with Crippen LogP contribution in [0.2, 0.25) is 0 Å². The highest BCUT2D eigenvalue weighted by Gasteiger charge is 2.22. The molecule has 3 heterocycles. The lowest BCUT2D eigenvalue weighted by molar-refractivity contribution is 0.474. The number of halogens is 1. The number of nitrogens with zero attached hydrogens (tertiary/aromatic N) is 2. The lowest BCUT2D eigenvalue weighted by Gasteiger charge is -2.23. The number of aromatic nitrogens is 2. The molecule has 0 spiro atoms. The highest BCUT2D eigenvalue weighted by Crippen LogP contribution is 2.44. The van der Waals surface area contributed by atoms with Gasteiger partial charge in [-0.15, -0.1) is 0 Å². The van der Waals surface area contributed by atoms with E-state index in [2.05, 4.69) is 31.5 Å². The molecule has 1 aliphatic heterocycles. The molecule has 2 aromatic heterocycles. The number of benzene rings is 2. The topological polar surface area (TPSA) is 55.1 Å². The first-order valence-corrected chi connectivity index (χ1v) is 9.99. The predicted octanol–water partition coefficient (Wildman–Crippen LogP) is 4.91. The van der Waals surface area contributed by atoms with Crippen molar-refractivity contribution in [3.63, 3.8) is 0 Å². The summed E-state index contributed by atoms with van der Waals surface area (Å²) in [4.78, 5) is 19.2. The van der Waals surface area contributed by atoms with Crippen LogP contribution in [0, 0.1) is 0 Å². The maximum atomic E-state index is 13.1. The Bertz CT molecular complexity index is 1270. The van der Waals surface area contributed by atoms with Crippen molar-refractivity contribution in [1.29, 1.82) is 0 Å². The van der Waals surface area contributed by atoms with Gasteiger partial charge in [0.25, 0.3) is 0 Å². The van der Waals surface area contributed by atoms with E-state index >= 15 is 0 Å². The molecule has 1 N–H and O–H groups in total. The number of phenols is 1. The van der Waals surface area contributed by atoms with Gasteiger partial charge in [0.15, 0.2) is 5.43 Å². The van der Waals surface area contributed by atoms with Crippen molar-refractivity contribution in [2.45, 2.75) is 16.2 Å². The summed E-state index contributed by atoms with van der Waals surface area (Å²) in [6, 6.07) is 13.2. The van der Waals surface area contributed by atoms with Crippen LogP contribution in [0.15, 0.2) is 80.1 Å². The fourth-order valence-electron chi connectivity index (χ4n) is 3.47. The zero-order valence-electron chi connectivity index (χ0n) is 14.0. The average molecular weight is 437 g/mol. The fourth-order valence-corrected chi connectivity index (χ4v) is 5.16. The number of rotatable bonds is 2. The van der Waals surface area contributed by atoms with Gasteiger partial charge in [0.2, 0.25) is 0 Å². The van der Waals surface area contributed by atoms with Gasteiger partial charge < -0.3 is 9.67 Å². The van der Waals surface area contributed by atoms with Gasteiger partial charge in [-0.05, 0) is 42.0 Å². The summed E-state index contributed by atoms with van der Waals surface area (Å²) in [5.74, 6) is 0.102. The zero-order valence-corrected chi connectivity index (χ0v) is 16.4. The largest absolute Gasteiger partial charge is 0.508 e. The maximum absolute atomic E-state index is 13.1. The van der Waals surface area contributed by atoms with Gasteiger partial charge in [-0.1, -0.05) is 33.8 Å². The lowest BCUT2D eigenvalue weighted by Crippen LogP contribution is -2.17. The van der Waals surface area contributed by atoms with E-state index in [1.54, 1.807) is 36.3 Å².